The zero-order valence-electron chi connectivity index (χ0n) is 11.4. The van der Waals surface area contributed by atoms with E-state index in [0.717, 1.165) is 9.88 Å². The molecular formula is C13H12N4O2S2. The van der Waals surface area contributed by atoms with Gasteiger partial charge >= 0.3 is 0 Å². The number of nitrogens with one attached hydrogen (secondary N) is 1. The molecule has 21 heavy (non-hydrogen) atoms. The van der Waals surface area contributed by atoms with Crippen LogP contribution >= 0.6 is 22.7 Å². The first-order valence-electron chi connectivity index (χ1n) is 6.22. The van der Waals surface area contributed by atoms with Gasteiger partial charge in [0.05, 0.1) is 17.0 Å². The molecule has 1 N–H and O–H groups in total. The number of carbonyl (C=O) groups is 1. The second-order valence-corrected chi connectivity index (χ2v) is 6.48. The van der Waals surface area contributed by atoms with Crippen LogP contribution in [0.25, 0.3) is 10.8 Å². The Balaban J connectivity index is 1.71. The van der Waals surface area contributed by atoms with Crippen molar-refractivity contribution in [2.24, 2.45) is 0 Å². The number of nitrogens with zero attached hydrogens (tertiary/aromatic N) is 3. The lowest BCUT2D eigenvalue weighted by atomic mass is 10.2. The first-order chi connectivity index (χ1) is 10.1. The normalized spacial score (nSPS) is 10.8. The van der Waals surface area contributed by atoms with Crippen LogP contribution in [0, 0.1) is 13.8 Å². The van der Waals surface area contributed by atoms with Crippen molar-refractivity contribution in [3.05, 3.63) is 34.0 Å². The van der Waals surface area contributed by atoms with Crippen LogP contribution in [0.4, 0.5) is 5.13 Å². The molecule has 0 atom stereocenters. The topological polar surface area (TPSA) is 80.9 Å². The third-order valence-electron chi connectivity index (χ3n) is 2.73. The van der Waals surface area contributed by atoms with Crippen LogP contribution in [0.3, 0.4) is 0 Å². The summed E-state index contributed by atoms with van der Waals surface area (Å²) in [6, 6.07) is 3.87. The van der Waals surface area contributed by atoms with E-state index in [1.807, 2.05) is 31.4 Å². The molecule has 3 rings (SSSR count). The van der Waals surface area contributed by atoms with Crippen LogP contribution < -0.4 is 5.32 Å². The van der Waals surface area contributed by atoms with Gasteiger partial charge in [-0.1, -0.05) is 17.4 Å². The number of thiophene rings is 1. The number of amides is 1. The molecule has 1 amide bonds. The second kappa shape index (κ2) is 5.74. The molecule has 6 nitrogen and oxygen atoms in total. The summed E-state index contributed by atoms with van der Waals surface area (Å²) in [6.45, 7) is 3.64. The van der Waals surface area contributed by atoms with Crippen molar-refractivity contribution in [3.8, 4) is 10.8 Å². The molecule has 0 aliphatic carbocycles. The van der Waals surface area contributed by atoms with E-state index in [0.29, 0.717) is 22.5 Å². The number of carbonyl (C=O) groups excluding carboxylic acids is 1. The quantitative estimate of drug-likeness (QED) is 0.799. The lowest BCUT2D eigenvalue weighted by Gasteiger charge is -1.98. The van der Waals surface area contributed by atoms with Crippen molar-refractivity contribution < 1.29 is 9.21 Å². The highest BCUT2D eigenvalue weighted by Crippen LogP contribution is 2.26. The first-order valence-corrected chi connectivity index (χ1v) is 7.91. The van der Waals surface area contributed by atoms with E-state index >= 15 is 0 Å². The van der Waals surface area contributed by atoms with E-state index in [1.165, 1.54) is 11.3 Å². The molecule has 0 aliphatic heterocycles. The maximum atomic E-state index is 12.0. The number of aromatic nitrogens is 3. The predicted molar refractivity (Wildman–Crippen MR) is 81.5 cm³/mol. The molecule has 0 unspecified atom stereocenters. The minimum absolute atomic E-state index is 0.152. The highest BCUT2D eigenvalue weighted by Gasteiger charge is 2.16. The molecule has 0 bridgehead atoms. The molecular weight excluding hydrogens is 308 g/mol. The van der Waals surface area contributed by atoms with E-state index in [2.05, 4.69) is 20.5 Å². The monoisotopic (exact) mass is 320 g/mol. The molecule has 8 heteroatoms. The fourth-order valence-electron chi connectivity index (χ4n) is 1.76. The van der Waals surface area contributed by atoms with E-state index in [-0.39, 0.29) is 12.3 Å². The van der Waals surface area contributed by atoms with E-state index < -0.39 is 0 Å². The summed E-state index contributed by atoms with van der Waals surface area (Å²) in [5.74, 6) is 1.03. The Kier molecular flexibility index (Phi) is 3.80. The average Bonchev–Trinajstić information content (AvgIpc) is 3.13. The highest BCUT2D eigenvalue weighted by molar-refractivity contribution is 7.15. The van der Waals surface area contributed by atoms with Crippen LogP contribution in [0.5, 0.6) is 0 Å². The molecule has 108 valence electrons. The number of anilines is 1. The van der Waals surface area contributed by atoms with Gasteiger partial charge in [-0.25, -0.2) is 4.98 Å². The minimum Gasteiger partial charge on any atom is -0.440 e. The van der Waals surface area contributed by atoms with Crippen molar-refractivity contribution in [2.45, 2.75) is 20.3 Å². The summed E-state index contributed by atoms with van der Waals surface area (Å²) in [4.78, 5) is 17.3. The van der Waals surface area contributed by atoms with Crippen LogP contribution in [-0.2, 0) is 11.2 Å². The summed E-state index contributed by atoms with van der Waals surface area (Å²) in [7, 11) is 0. The molecule has 3 aromatic heterocycles. The summed E-state index contributed by atoms with van der Waals surface area (Å²) in [5, 5.41) is 13.7. The van der Waals surface area contributed by atoms with Crippen LogP contribution in [0.2, 0.25) is 0 Å². The van der Waals surface area contributed by atoms with Gasteiger partial charge in [-0.15, -0.1) is 21.5 Å². The van der Waals surface area contributed by atoms with Gasteiger partial charge < -0.3 is 9.73 Å². The molecule has 0 aromatic carbocycles. The molecule has 3 aromatic rings. The van der Waals surface area contributed by atoms with Gasteiger partial charge in [-0.05, 0) is 25.3 Å². The fourth-order valence-corrected chi connectivity index (χ4v) is 3.02. The first kappa shape index (κ1) is 13.9. The Labute approximate surface area is 128 Å². The molecule has 0 radical (unpaired) electrons. The van der Waals surface area contributed by atoms with Gasteiger partial charge in [0.2, 0.25) is 16.9 Å². The Morgan fingerprint density at radius 3 is 2.90 bits per heavy atom. The van der Waals surface area contributed by atoms with E-state index in [1.54, 1.807) is 11.3 Å². The third kappa shape index (κ3) is 3.17. The van der Waals surface area contributed by atoms with Crippen molar-refractivity contribution in [3.63, 3.8) is 0 Å². The Hall–Kier alpha value is -2.06. The van der Waals surface area contributed by atoms with Gasteiger partial charge in [0.25, 0.3) is 0 Å². The van der Waals surface area contributed by atoms with Gasteiger partial charge in [-0.2, -0.15) is 0 Å². The molecule has 0 saturated heterocycles. The number of hydrogen-bond acceptors (Lipinski definition) is 7. The Morgan fingerprint density at radius 1 is 1.38 bits per heavy atom. The summed E-state index contributed by atoms with van der Waals surface area (Å²) in [5.41, 5.74) is 0.636. The van der Waals surface area contributed by atoms with Crippen molar-refractivity contribution in [2.75, 3.05) is 5.32 Å². The second-order valence-electron chi connectivity index (χ2n) is 4.35. The Bertz CT molecular complexity index is 761. The van der Waals surface area contributed by atoms with Gasteiger partial charge in [-0.3, -0.25) is 4.79 Å². The lowest BCUT2D eigenvalue weighted by molar-refractivity contribution is -0.115. The number of hydrogen-bond donors (Lipinski definition) is 1. The maximum Gasteiger partial charge on any atom is 0.236 e. The fraction of sp³-hybridized carbons (Fsp3) is 0.231. The van der Waals surface area contributed by atoms with Crippen LogP contribution in [0.15, 0.2) is 21.9 Å². The number of aryl methyl sites for hydroxylation is 2. The van der Waals surface area contributed by atoms with Crippen molar-refractivity contribution in [1.82, 2.24) is 15.2 Å². The maximum absolute atomic E-state index is 12.0. The van der Waals surface area contributed by atoms with Crippen molar-refractivity contribution >= 4 is 33.7 Å². The van der Waals surface area contributed by atoms with Gasteiger partial charge in [0.1, 0.15) is 10.8 Å². The summed E-state index contributed by atoms with van der Waals surface area (Å²) in [6.07, 6.45) is 0.152. The van der Waals surface area contributed by atoms with E-state index in [4.69, 9.17) is 4.42 Å². The largest absolute Gasteiger partial charge is 0.440 e. The minimum atomic E-state index is -0.180. The van der Waals surface area contributed by atoms with Crippen LogP contribution in [0.1, 0.15) is 16.5 Å². The number of oxazole rings is 1. The summed E-state index contributed by atoms with van der Waals surface area (Å²) < 4.78 is 5.61. The zero-order valence-corrected chi connectivity index (χ0v) is 13.0. The lowest BCUT2D eigenvalue weighted by Crippen LogP contribution is -2.15. The molecule has 0 saturated carbocycles. The smallest absolute Gasteiger partial charge is 0.236 e. The predicted octanol–water partition coefficient (Wildman–Crippen LogP) is 3.05. The SMILES string of the molecule is Cc1nnc(NC(=O)Cc2nc(-c3cccs3)oc2C)s1. The highest BCUT2D eigenvalue weighted by atomic mass is 32.1. The molecule has 0 spiro atoms. The molecule has 0 fully saturated rings. The number of rotatable bonds is 4. The summed E-state index contributed by atoms with van der Waals surface area (Å²) >= 11 is 2.89. The van der Waals surface area contributed by atoms with Gasteiger partial charge in [0, 0.05) is 0 Å². The van der Waals surface area contributed by atoms with E-state index in [9.17, 15) is 4.79 Å². The standard InChI is InChI=1S/C13H12N4O2S2/c1-7-9(14-12(19-7)10-4-3-5-20-10)6-11(18)15-13-17-16-8(2)21-13/h3-5H,6H2,1-2H3,(H,15,17,18). The molecule has 0 aliphatic rings. The zero-order chi connectivity index (χ0) is 14.8. The van der Waals surface area contributed by atoms with Gasteiger partial charge in [0.15, 0.2) is 0 Å². The third-order valence-corrected chi connectivity index (χ3v) is 4.34. The van der Waals surface area contributed by atoms with Crippen molar-refractivity contribution in [1.29, 1.82) is 0 Å². The average molecular weight is 320 g/mol. The molecule has 3 heterocycles. The van der Waals surface area contributed by atoms with Crippen LogP contribution in [-0.4, -0.2) is 21.1 Å². The Morgan fingerprint density at radius 2 is 2.24 bits per heavy atom.